The van der Waals surface area contributed by atoms with Crippen LogP contribution < -0.4 is 0 Å². The minimum atomic E-state index is -0.0849. The topological polar surface area (TPSA) is 37.7 Å². The number of methoxy groups -OCH3 is 1. The Balaban J connectivity index is 1.55. The Kier molecular flexibility index (Phi) is 4.54. The number of hydrogen-bond acceptors (Lipinski definition) is 3. The molecule has 3 heterocycles. The normalized spacial score (nSPS) is 21.9. The van der Waals surface area contributed by atoms with E-state index >= 15 is 0 Å². The second-order valence-electron chi connectivity index (χ2n) is 6.70. The average molecular weight is 305 g/mol. The van der Waals surface area contributed by atoms with Crippen molar-refractivity contribution < 1.29 is 9.53 Å². The van der Waals surface area contributed by atoms with E-state index in [1.165, 1.54) is 5.69 Å². The Morgan fingerprint density at radius 1 is 1.23 bits per heavy atom. The fourth-order valence-electron chi connectivity index (χ4n) is 3.80. The summed E-state index contributed by atoms with van der Waals surface area (Å²) in [5, 5.41) is 0. The van der Waals surface area contributed by atoms with Crippen LogP contribution >= 0.6 is 0 Å². The van der Waals surface area contributed by atoms with Crippen LogP contribution in [-0.4, -0.2) is 60.2 Å². The molecule has 0 bridgehead atoms. The van der Waals surface area contributed by atoms with Gasteiger partial charge in [-0.1, -0.05) is 0 Å². The molecule has 0 atom stereocenters. The van der Waals surface area contributed by atoms with Gasteiger partial charge in [0, 0.05) is 45.7 Å². The molecule has 5 heteroatoms. The third kappa shape index (κ3) is 2.92. The molecule has 0 aliphatic carbocycles. The van der Waals surface area contributed by atoms with Crippen molar-refractivity contribution in [2.24, 2.45) is 12.5 Å². The highest BCUT2D eigenvalue weighted by atomic mass is 16.5. The number of aryl methyl sites for hydroxylation is 1. The lowest BCUT2D eigenvalue weighted by atomic mass is 9.77. The summed E-state index contributed by atoms with van der Waals surface area (Å²) in [5.41, 5.74) is 1.26. The van der Waals surface area contributed by atoms with Gasteiger partial charge in [-0.15, -0.1) is 0 Å². The molecule has 0 unspecified atom stereocenters. The van der Waals surface area contributed by atoms with Crippen molar-refractivity contribution >= 4 is 5.91 Å². The zero-order valence-electron chi connectivity index (χ0n) is 13.8. The molecule has 2 fully saturated rings. The molecule has 1 aromatic rings. The quantitative estimate of drug-likeness (QED) is 0.827. The first-order valence-electron chi connectivity index (χ1n) is 8.25. The molecule has 22 heavy (non-hydrogen) atoms. The summed E-state index contributed by atoms with van der Waals surface area (Å²) in [6.45, 7) is 5.32. The molecule has 3 rings (SSSR count). The number of hydrogen-bond donors (Lipinski definition) is 0. The van der Waals surface area contributed by atoms with E-state index in [1.54, 1.807) is 7.11 Å². The van der Waals surface area contributed by atoms with E-state index in [9.17, 15) is 4.79 Å². The zero-order chi connectivity index (χ0) is 15.6. The third-order valence-corrected chi connectivity index (χ3v) is 5.42. The third-order valence-electron chi connectivity index (χ3n) is 5.42. The Hall–Kier alpha value is -1.33. The van der Waals surface area contributed by atoms with E-state index < -0.39 is 0 Å². The Labute approximate surface area is 132 Å². The number of likely N-dealkylation sites (tertiary alicyclic amines) is 2. The van der Waals surface area contributed by atoms with Crippen LogP contribution in [0.1, 0.15) is 25.0 Å². The van der Waals surface area contributed by atoms with Crippen LogP contribution in [0, 0.1) is 5.41 Å². The maximum Gasteiger partial charge on any atom is 0.229 e. The highest BCUT2D eigenvalue weighted by Gasteiger charge is 2.47. The molecule has 0 N–H and O–H groups in total. The van der Waals surface area contributed by atoms with Crippen LogP contribution in [-0.2, 0) is 23.1 Å². The summed E-state index contributed by atoms with van der Waals surface area (Å²) in [6, 6.07) is 4.27. The number of nitrogens with zero attached hydrogens (tertiary/aromatic N) is 3. The van der Waals surface area contributed by atoms with Gasteiger partial charge >= 0.3 is 0 Å². The van der Waals surface area contributed by atoms with E-state index in [-0.39, 0.29) is 5.41 Å². The number of carbonyl (C=O) groups excluding carboxylic acids is 1. The molecule has 2 aliphatic heterocycles. The van der Waals surface area contributed by atoms with Gasteiger partial charge in [-0.3, -0.25) is 9.69 Å². The van der Waals surface area contributed by atoms with Crippen molar-refractivity contribution in [3.8, 4) is 0 Å². The van der Waals surface area contributed by atoms with Crippen LogP contribution in [0.4, 0.5) is 0 Å². The van der Waals surface area contributed by atoms with Crippen LogP contribution in [0.5, 0.6) is 0 Å². The monoisotopic (exact) mass is 305 g/mol. The van der Waals surface area contributed by atoms with Crippen molar-refractivity contribution in [1.29, 1.82) is 0 Å². The predicted molar refractivity (Wildman–Crippen MR) is 85.4 cm³/mol. The van der Waals surface area contributed by atoms with Crippen LogP contribution in [0.15, 0.2) is 18.3 Å². The predicted octanol–water partition coefficient (Wildman–Crippen LogP) is 1.49. The Morgan fingerprint density at radius 3 is 2.59 bits per heavy atom. The van der Waals surface area contributed by atoms with Gasteiger partial charge in [0.2, 0.25) is 5.91 Å². The van der Waals surface area contributed by atoms with Crippen LogP contribution in [0.25, 0.3) is 0 Å². The Morgan fingerprint density at radius 2 is 1.95 bits per heavy atom. The molecule has 2 saturated heterocycles. The van der Waals surface area contributed by atoms with Gasteiger partial charge in [0.25, 0.3) is 0 Å². The summed E-state index contributed by atoms with van der Waals surface area (Å²) in [7, 11) is 3.79. The van der Waals surface area contributed by atoms with Gasteiger partial charge in [-0.05, 0) is 44.5 Å². The average Bonchev–Trinajstić information content (AvgIpc) is 3.06. The summed E-state index contributed by atoms with van der Waals surface area (Å²) >= 11 is 0. The lowest BCUT2D eigenvalue weighted by molar-refractivity contribution is -0.138. The molecule has 1 amide bonds. The van der Waals surface area contributed by atoms with Gasteiger partial charge in [0.05, 0.1) is 12.0 Å². The van der Waals surface area contributed by atoms with Crippen molar-refractivity contribution in [2.45, 2.75) is 25.8 Å². The number of ether oxygens (including phenoxy) is 1. The number of carbonyl (C=O) groups is 1. The van der Waals surface area contributed by atoms with Crippen molar-refractivity contribution in [3.63, 3.8) is 0 Å². The summed E-state index contributed by atoms with van der Waals surface area (Å²) in [4.78, 5) is 17.2. The molecule has 0 radical (unpaired) electrons. The maximum atomic E-state index is 12.7. The van der Waals surface area contributed by atoms with Gasteiger partial charge < -0.3 is 14.2 Å². The zero-order valence-corrected chi connectivity index (χ0v) is 13.8. The summed E-state index contributed by atoms with van der Waals surface area (Å²) < 4.78 is 7.29. The maximum absolute atomic E-state index is 12.7. The van der Waals surface area contributed by atoms with Crippen LogP contribution in [0.3, 0.4) is 0 Å². The Bertz CT molecular complexity index is 518. The number of amides is 1. The molecular weight excluding hydrogens is 278 g/mol. The fourth-order valence-corrected chi connectivity index (χ4v) is 3.80. The fraction of sp³-hybridized carbons (Fsp3) is 0.706. The molecule has 0 saturated carbocycles. The van der Waals surface area contributed by atoms with E-state index in [4.69, 9.17) is 4.74 Å². The number of rotatable bonds is 5. The lowest BCUT2D eigenvalue weighted by Crippen LogP contribution is -2.44. The van der Waals surface area contributed by atoms with Gasteiger partial charge in [-0.25, -0.2) is 0 Å². The highest BCUT2D eigenvalue weighted by Crippen LogP contribution is 2.41. The van der Waals surface area contributed by atoms with E-state index in [0.717, 1.165) is 52.0 Å². The van der Waals surface area contributed by atoms with Gasteiger partial charge in [0.15, 0.2) is 0 Å². The van der Waals surface area contributed by atoms with Crippen molar-refractivity contribution in [1.82, 2.24) is 14.4 Å². The highest BCUT2D eigenvalue weighted by molar-refractivity contribution is 5.85. The van der Waals surface area contributed by atoms with Gasteiger partial charge in [-0.2, -0.15) is 0 Å². The summed E-state index contributed by atoms with van der Waals surface area (Å²) in [5.74, 6) is 0.364. The second-order valence-corrected chi connectivity index (χ2v) is 6.70. The van der Waals surface area contributed by atoms with Crippen LogP contribution in [0.2, 0.25) is 0 Å². The number of aromatic nitrogens is 1. The molecule has 1 spiro atoms. The number of piperidine rings is 1. The second kappa shape index (κ2) is 6.42. The standard InChI is InChI=1S/C17H27N3O2/c1-18-8-3-4-15(18)14-19-9-5-17(6-10-19)7-11-20(16(17)21)12-13-22-2/h3-4,8H,5-7,9-14H2,1-2H3. The molecule has 0 aromatic carbocycles. The van der Waals surface area contributed by atoms with E-state index in [2.05, 4.69) is 34.8 Å². The smallest absolute Gasteiger partial charge is 0.229 e. The molecule has 2 aliphatic rings. The minimum absolute atomic E-state index is 0.0849. The lowest BCUT2D eigenvalue weighted by Gasteiger charge is -2.38. The SMILES string of the molecule is COCCN1CCC2(CCN(Cc3cccn3C)CC2)C1=O. The first kappa shape index (κ1) is 15.6. The van der Waals surface area contributed by atoms with E-state index in [0.29, 0.717) is 12.5 Å². The minimum Gasteiger partial charge on any atom is -0.383 e. The molecule has 122 valence electrons. The van der Waals surface area contributed by atoms with Gasteiger partial charge in [0.1, 0.15) is 0 Å². The first-order chi connectivity index (χ1) is 10.6. The van der Waals surface area contributed by atoms with Crippen molar-refractivity contribution in [2.75, 3.05) is 39.9 Å². The molecular formula is C17H27N3O2. The molecule has 5 nitrogen and oxygen atoms in total. The summed E-state index contributed by atoms with van der Waals surface area (Å²) in [6.07, 6.45) is 5.11. The largest absolute Gasteiger partial charge is 0.383 e. The van der Waals surface area contributed by atoms with Crippen molar-refractivity contribution in [3.05, 3.63) is 24.0 Å². The molecule has 1 aromatic heterocycles. The van der Waals surface area contributed by atoms with E-state index in [1.807, 2.05) is 4.90 Å². The first-order valence-corrected chi connectivity index (χ1v) is 8.25.